The van der Waals surface area contributed by atoms with Gasteiger partial charge in [0.15, 0.2) is 0 Å². The van der Waals surface area contributed by atoms with Gasteiger partial charge >= 0.3 is 0 Å². The zero-order valence-corrected chi connectivity index (χ0v) is 7.86. The van der Waals surface area contributed by atoms with Crippen LogP contribution in [0.25, 0.3) is 0 Å². The summed E-state index contributed by atoms with van der Waals surface area (Å²) in [5, 5.41) is 9.43. The standard InChI is InChI=1S/C8H8BrNO2/c9-8-3-1-7(2-4-8)5-10(12)6-11/h1-4,6,12H,5H2. The lowest BCUT2D eigenvalue weighted by atomic mass is 10.2. The number of carbonyl (C=O) groups excluding carboxylic acids is 1. The number of hydrogen-bond acceptors (Lipinski definition) is 2. The lowest BCUT2D eigenvalue weighted by Crippen LogP contribution is -2.15. The van der Waals surface area contributed by atoms with Gasteiger partial charge < -0.3 is 0 Å². The molecule has 0 saturated heterocycles. The second kappa shape index (κ2) is 4.23. The number of hydrogen-bond donors (Lipinski definition) is 1. The van der Waals surface area contributed by atoms with Crippen LogP contribution in [0, 0.1) is 0 Å². The molecule has 0 spiro atoms. The zero-order chi connectivity index (χ0) is 8.97. The summed E-state index contributed by atoms with van der Waals surface area (Å²) >= 11 is 3.28. The van der Waals surface area contributed by atoms with Crippen molar-refractivity contribution in [1.82, 2.24) is 5.06 Å². The van der Waals surface area contributed by atoms with Crippen LogP contribution in [0.5, 0.6) is 0 Å². The van der Waals surface area contributed by atoms with E-state index < -0.39 is 0 Å². The van der Waals surface area contributed by atoms with Crippen LogP contribution in [-0.4, -0.2) is 16.7 Å². The van der Waals surface area contributed by atoms with E-state index in [1.165, 1.54) is 0 Å². The third-order valence-electron chi connectivity index (χ3n) is 1.38. The van der Waals surface area contributed by atoms with Gasteiger partial charge in [-0.2, -0.15) is 0 Å². The average Bonchev–Trinajstić information content (AvgIpc) is 2.09. The maximum Gasteiger partial charge on any atom is 0.233 e. The molecule has 0 aliphatic heterocycles. The van der Waals surface area contributed by atoms with E-state index >= 15 is 0 Å². The zero-order valence-electron chi connectivity index (χ0n) is 6.27. The summed E-state index contributed by atoms with van der Waals surface area (Å²) in [6.45, 7) is 0.219. The quantitative estimate of drug-likeness (QED) is 0.488. The molecular formula is C8H8BrNO2. The maximum atomic E-state index is 10.0. The lowest BCUT2D eigenvalue weighted by molar-refractivity contribution is -0.152. The van der Waals surface area contributed by atoms with Crippen LogP contribution in [0.1, 0.15) is 5.56 Å². The van der Waals surface area contributed by atoms with Crippen molar-refractivity contribution in [2.45, 2.75) is 6.54 Å². The summed E-state index contributed by atoms with van der Waals surface area (Å²) < 4.78 is 0.974. The van der Waals surface area contributed by atoms with E-state index in [9.17, 15) is 4.79 Å². The van der Waals surface area contributed by atoms with E-state index in [2.05, 4.69) is 15.9 Å². The predicted molar refractivity (Wildman–Crippen MR) is 47.5 cm³/mol. The molecule has 4 heteroatoms. The number of amides is 1. The Morgan fingerprint density at radius 1 is 1.42 bits per heavy atom. The molecule has 0 atom stereocenters. The molecule has 1 amide bonds. The van der Waals surface area contributed by atoms with Crippen LogP contribution >= 0.6 is 15.9 Å². The Bertz CT molecular complexity index is 260. The first-order chi connectivity index (χ1) is 5.72. The van der Waals surface area contributed by atoms with Crippen LogP contribution in [0.3, 0.4) is 0 Å². The molecule has 64 valence electrons. The van der Waals surface area contributed by atoms with Gasteiger partial charge in [0.1, 0.15) is 0 Å². The SMILES string of the molecule is O=CN(O)Cc1ccc(Br)cc1. The highest BCUT2D eigenvalue weighted by Gasteiger charge is 1.97. The van der Waals surface area contributed by atoms with Crippen molar-refractivity contribution in [3.8, 4) is 0 Å². The van der Waals surface area contributed by atoms with E-state index in [4.69, 9.17) is 5.21 Å². The minimum atomic E-state index is 0.219. The molecule has 1 rings (SSSR count). The Morgan fingerprint density at radius 2 is 2.00 bits per heavy atom. The van der Waals surface area contributed by atoms with Gasteiger partial charge in [0.05, 0.1) is 6.54 Å². The smallest absolute Gasteiger partial charge is 0.233 e. The van der Waals surface area contributed by atoms with Crippen molar-refractivity contribution in [1.29, 1.82) is 0 Å². The molecule has 0 saturated carbocycles. The molecule has 0 unspecified atom stereocenters. The first-order valence-corrected chi connectivity index (χ1v) is 4.17. The average molecular weight is 230 g/mol. The molecule has 0 aromatic heterocycles. The highest BCUT2D eigenvalue weighted by molar-refractivity contribution is 9.10. The third-order valence-corrected chi connectivity index (χ3v) is 1.91. The Hall–Kier alpha value is -0.870. The van der Waals surface area contributed by atoms with Crippen molar-refractivity contribution in [2.75, 3.05) is 0 Å². The molecule has 1 aromatic rings. The highest BCUT2D eigenvalue weighted by Crippen LogP contribution is 2.10. The van der Waals surface area contributed by atoms with E-state index in [0.717, 1.165) is 10.0 Å². The van der Waals surface area contributed by atoms with E-state index in [1.807, 2.05) is 24.3 Å². The van der Waals surface area contributed by atoms with Crippen LogP contribution < -0.4 is 0 Å². The Labute approximate surface area is 78.7 Å². The minimum absolute atomic E-state index is 0.219. The number of hydroxylamine groups is 2. The van der Waals surface area contributed by atoms with Gasteiger partial charge in [0, 0.05) is 4.47 Å². The summed E-state index contributed by atoms with van der Waals surface area (Å²) in [6, 6.07) is 7.37. The van der Waals surface area contributed by atoms with Crippen molar-refractivity contribution in [2.24, 2.45) is 0 Å². The second-order valence-electron chi connectivity index (χ2n) is 2.33. The fraction of sp³-hybridized carbons (Fsp3) is 0.125. The normalized spacial score (nSPS) is 9.50. The molecule has 0 bridgehead atoms. The summed E-state index contributed by atoms with van der Waals surface area (Å²) in [6.07, 6.45) is 0.377. The number of carbonyl (C=O) groups is 1. The van der Waals surface area contributed by atoms with Crippen LogP contribution in [0.2, 0.25) is 0 Å². The molecule has 1 aromatic carbocycles. The van der Waals surface area contributed by atoms with Gasteiger partial charge in [-0.3, -0.25) is 10.0 Å². The molecular weight excluding hydrogens is 222 g/mol. The molecule has 0 fully saturated rings. The molecule has 0 radical (unpaired) electrons. The molecule has 0 aliphatic carbocycles. The first kappa shape index (κ1) is 9.22. The summed E-state index contributed by atoms with van der Waals surface area (Å²) in [7, 11) is 0. The monoisotopic (exact) mass is 229 g/mol. The molecule has 12 heavy (non-hydrogen) atoms. The van der Waals surface area contributed by atoms with E-state index in [-0.39, 0.29) is 6.54 Å². The summed E-state index contributed by atoms with van der Waals surface area (Å²) in [5.41, 5.74) is 0.882. The maximum absolute atomic E-state index is 10.0. The third kappa shape index (κ3) is 2.64. The number of benzene rings is 1. The fourth-order valence-electron chi connectivity index (χ4n) is 0.814. The van der Waals surface area contributed by atoms with Crippen molar-refractivity contribution in [3.05, 3.63) is 34.3 Å². The minimum Gasteiger partial charge on any atom is -0.286 e. The number of nitrogens with zero attached hydrogens (tertiary/aromatic N) is 1. The molecule has 3 nitrogen and oxygen atoms in total. The topological polar surface area (TPSA) is 40.5 Å². The Kier molecular flexibility index (Phi) is 3.25. The number of halogens is 1. The van der Waals surface area contributed by atoms with E-state index in [1.54, 1.807) is 0 Å². The highest BCUT2D eigenvalue weighted by atomic mass is 79.9. The lowest BCUT2D eigenvalue weighted by Gasteiger charge is -2.07. The second-order valence-corrected chi connectivity index (χ2v) is 3.25. The van der Waals surface area contributed by atoms with Gasteiger partial charge in [-0.15, -0.1) is 0 Å². The van der Waals surface area contributed by atoms with Crippen molar-refractivity contribution < 1.29 is 10.0 Å². The van der Waals surface area contributed by atoms with E-state index in [0.29, 0.717) is 11.5 Å². The molecule has 0 aliphatic rings. The largest absolute Gasteiger partial charge is 0.286 e. The molecule has 0 heterocycles. The Morgan fingerprint density at radius 3 is 2.50 bits per heavy atom. The number of rotatable bonds is 3. The van der Waals surface area contributed by atoms with Crippen molar-refractivity contribution >= 4 is 22.3 Å². The van der Waals surface area contributed by atoms with Gasteiger partial charge in [0.2, 0.25) is 6.41 Å². The van der Waals surface area contributed by atoms with Gasteiger partial charge in [-0.1, -0.05) is 28.1 Å². The van der Waals surface area contributed by atoms with Gasteiger partial charge in [-0.05, 0) is 17.7 Å². The van der Waals surface area contributed by atoms with Crippen LogP contribution in [0.15, 0.2) is 28.7 Å². The molecule has 1 N–H and O–H groups in total. The van der Waals surface area contributed by atoms with Gasteiger partial charge in [0.25, 0.3) is 0 Å². The Balaban J connectivity index is 2.64. The van der Waals surface area contributed by atoms with Crippen molar-refractivity contribution in [3.63, 3.8) is 0 Å². The summed E-state index contributed by atoms with van der Waals surface area (Å²) in [4.78, 5) is 10.0. The predicted octanol–water partition coefficient (Wildman–Crippen LogP) is 1.80. The first-order valence-electron chi connectivity index (χ1n) is 3.37. The van der Waals surface area contributed by atoms with Gasteiger partial charge in [-0.25, -0.2) is 5.06 Å². The van der Waals surface area contributed by atoms with Crippen LogP contribution in [-0.2, 0) is 11.3 Å². The summed E-state index contributed by atoms with van der Waals surface area (Å²) in [5.74, 6) is 0. The van der Waals surface area contributed by atoms with Crippen LogP contribution in [0.4, 0.5) is 0 Å². The fourth-order valence-corrected chi connectivity index (χ4v) is 1.08.